The molecule has 0 heterocycles. The van der Waals surface area contributed by atoms with Crippen LogP contribution in [0.4, 0.5) is 0 Å². The Bertz CT molecular complexity index is 768. The van der Waals surface area contributed by atoms with Crippen molar-refractivity contribution in [3.8, 4) is 5.75 Å². The fourth-order valence-corrected chi connectivity index (χ4v) is 2.22. The molecule has 25 heavy (non-hydrogen) atoms. The van der Waals surface area contributed by atoms with Gasteiger partial charge in [-0.25, -0.2) is 0 Å². The fourth-order valence-electron chi connectivity index (χ4n) is 2.22. The highest BCUT2D eigenvalue weighted by molar-refractivity contribution is 6.05. The first-order valence-corrected chi connectivity index (χ1v) is 8.03. The molecule has 0 unspecified atom stereocenters. The molecular formula is C20H22N2O3. The number of benzene rings is 2. The number of amides is 2. The number of nitrogens with one attached hydrogen (secondary N) is 2. The van der Waals surface area contributed by atoms with E-state index in [2.05, 4.69) is 10.6 Å². The number of rotatable bonds is 6. The lowest BCUT2D eigenvalue weighted by molar-refractivity contribution is -0.118. The molecule has 0 bridgehead atoms. The van der Waals surface area contributed by atoms with Crippen LogP contribution in [-0.4, -0.2) is 25.0 Å². The number of carbonyl (C=O) groups excluding carboxylic acids is 2. The van der Waals surface area contributed by atoms with Gasteiger partial charge in [-0.15, -0.1) is 0 Å². The van der Waals surface area contributed by atoms with E-state index in [-0.39, 0.29) is 23.6 Å². The Kier molecular flexibility index (Phi) is 6.34. The third-order valence-corrected chi connectivity index (χ3v) is 3.39. The normalized spacial score (nSPS) is 11.1. The van der Waals surface area contributed by atoms with Crippen molar-refractivity contribution in [3.63, 3.8) is 0 Å². The van der Waals surface area contributed by atoms with Crippen molar-refractivity contribution >= 4 is 17.9 Å². The number of hydrogen-bond donors (Lipinski definition) is 2. The second kappa shape index (κ2) is 8.68. The maximum atomic E-state index is 12.5. The molecule has 0 radical (unpaired) electrons. The Balaban J connectivity index is 2.34. The van der Waals surface area contributed by atoms with E-state index in [1.807, 2.05) is 38.1 Å². The minimum atomic E-state index is -0.356. The topological polar surface area (TPSA) is 67.4 Å². The maximum absolute atomic E-state index is 12.5. The van der Waals surface area contributed by atoms with Gasteiger partial charge in [0, 0.05) is 17.2 Å². The molecule has 2 N–H and O–H groups in total. The molecule has 2 aromatic rings. The maximum Gasteiger partial charge on any atom is 0.268 e. The molecule has 2 aromatic carbocycles. The smallest absolute Gasteiger partial charge is 0.268 e. The minimum Gasteiger partial charge on any atom is -0.496 e. The number of para-hydroxylation sites is 1. The Morgan fingerprint density at radius 1 is 1.00 bits per heavy atom. The second-order valence-electron chi connectivity index (χ2n) is 5.75. The third-order valence-electron chi connectivity index (χ3n) is 3.39. The number of hydrogen-bond acceptors (Lipinski definition) is 3. The average Bonchev–Trinajstić information content (AvgIpc) is 2.61. The first-order chi connectivity index (χ1) is 12.0. The van der Waals surface area contributed by atoms with Crippen molar-refractivity contribution < 1.29 is 14.3 Å². The van der Waals surface area contributed by atoms with Crippen LogP contribution in [0.3, 0.4) is 0 Å². The molecule has 0 saturated heterocycles. The summed E-state index contributed by atoms with van der Waals surface area (Å²) in [5, 5.41) is 5.49. The predicted octanol–water partition coefficient (Wildman–Crippen LogP) is 2.99. The highest BCUT2D eigenvalue weighted by Gasteiger charge is 2.16. The largest absolute Gasteiger partial charge is 0.496 e. The third kappa shape index (κ3) is 5.21. The van der Waals surface area contributed by atoms with Gasteiger partial charge in [-0.05, 0) is 38.1 Å². The molecule has 0 aliphatic carbocycles. The minimum absolute atomic E-state index is 0.0535. The van der Waals surface area contributed by atoms with Crippen molar-refractivity contribution in [2.75, 3.05) is 7.11 Å². The van der Waals surface area contributed by atoms with E-state index in [0.29, 0.717) is 16.9 Å². The summed E-state index contributed by atoms with van der Waals surface area (Å²) in [5.41, 5.74) is 1.34. The zero-order valence-electron chi connectivity index (χ0n) is 14.6. The summed E-state index contributed by atoms with van der Waals surface area (Å²) >= 11 is 0. The van der Waals surface area contributed by atoms with Gasteiger partial charge in [0.1, 0.15) is 11.4 Å². The lowest BCUT2D eigenvalue weighted by atomic mass is 10.1. The number of carbonyl (C=O) groups is 2. The molecule has 130 valence electrons. The van der Waals surface area contributed by atoms with E-state index in [0.717, 1.165) is 0 Å². The fraction of sp³-hybridized carbons (Fsp3) is 0.200. The van der Waals surface area contributed by atoms with Gasteiger partial charge in [0.05, 0.1) is 7.11 Å². The highest BCUT2D eigenvalue weighted by Crippen LogP contribution is 2.20. The van der Waals surface area contributed by atoms with Crippen molar-refractivity contribution in [1.82, 2.24) is 10.6 Å². The summed E-state index contributed by atoms with van der Waals surface area (Å²) in [7, 11) is 1.56. The first kappa shape index (κ1) is 18.3. The van der Waals surface area contributed by atoms with Crippen molar-refractivity contribution in [1.29, 1.82) is 0 Å². The van der Waals surface area contributed by atoms with Crippen molar-refractivity contribution in [2.45, 2.75) is 19.9 Å². The van der Waals surface area contributed by atoms with Crippen molar-refractivity contribution in [3.05, 3.63) is 71.4 Å². The summed E-state index contributed by atoms with van der Waals surface area (Å²) in [6.07, 6.45) is 1.61. The van der Waals surface area contributed by atoms with E-state index in [1.54, 1.807) is 43.5 Å². The van der Waals surface area contributed by atoms with E-state index in [4.69, 9.17) is 4.74 Å². The Hall–Kier alpha value is -3.08. The van der Waals surface area contributed by atoms with Crippen molar-refractivity contribution in [2.24, 2.45) is 0 Å². The Morgan fingerprint density at radius 2 is 1.64 bits per heavy atom. The van der Waals surface area contributed by atoms with Gasteiger partial charge in [-0.3, -0.25) is 9.59 Å². The monoisotopic (exact) mass is 338 g/mol. The standard InChI is InChI=1S/C20H22N2O3/c1-14(2)21-20(24)17(13-16-11-7-8-12-18(16)25-3)22-19(23)15-9-5-4-6-10-15/h4-14H,1-3H3,(H,21,24)(H,22,23). The van der Waals surface area contributed by atoms with Crippen LogP contribution < -0.4 is 15.4 Å². The second-order valence-corrected chi connectivity index (χ2v) is 5.75. The van der Waals surface area contributed by atoms with Crippen LogP contribution in [0.1, 0.15) is 29.8 Å². The predicted molar refractivity (Wildman–Crippen MR) is 98.2 cm³/mol. The molecule has 0 atom stereocenters. The molecule has 2 rings (SSSR count). The quantitative estimate of drug-likeness (QED) is 0.796. The highest BCUT2D eigenvalue weighted by atomic mass is 16.5. The Labute approximate surface area is 147 Å². The zero-order valence-corrected chi connectivity index (χ0v) is 14.6. The summed E-state index contributed by atoms with van der Waals surface area (Å²) in [6.45, 7) is 3.72. The van der Waals surface area contributed by atoms with Crippen LogP contribution in [0.5, 0.6) is 5.75 Å². The van der Waals surface area contributed by atoms with Crippen LogP contribution in [0.15, 0.2) is 60.3 Å². The molecule has 5 nitrogen and oxygen atoms in total. The lowest BCUT2D eigenvalue weighted by Crippen LogP contribution is -2.38. The van der Waals surface area contributed by atoms with Gasteiger partial charge < -0.3 is 15.4 Å². The zero-order chi connectivity index (χ0) is 18.2. The van der Waals surface area contributed by atoms with E-state index in [9.17, 15) is 9.59 Å². The summed E-state index contributed by atoms with van der Waals surface area (Å²) in [5.74, 6) is -0.0860. The molecule has 0 fully saturated rings. The summed E-state index contributed by atoms with van der Waals surface area (Å²) in [6, 6.07) is 16.0. The average molecular weight is 338 g/mol. The van der Waals surface area contributed by atoms with Gasteiger partial charge >= 0.3 is 0 Å². The molecule has 0 aromatic heterocycles. The van der Waals surface area contributed by atoms with Gasteiger partial charge in [0.15, 0.2) is 0 Å². The molecule has 5 heteroatoms. The molecule has 0 aliphatic rings. The Morgan fingerprint density at radius 3 is 2.28 bits per heavy atom. The summed E-state index contributed by atoms with van der Waals surface area (Å²) in [4.78, 5) is 24.9. The van der Waals surface area contributed by atoms with Gasteiger partial charge in [0.2, 0.25) is 0 Å². The first-order valence-electron chi connectivity index (χ1n) is 8.03. The summed E-state index contributed by atoms with van der Waals surface area (Å²) < 4.78 is 5.31. The van der Waals surface area contributed by atoms with Gasteiger partial charge in [-0.1, -0.05) is 36.4 Å². The van der Waals surface area contributed by atoms with E-state index < -0.39 is 0 Å². The van der Waals surface area contributed by atoms with Crippen LogP contribution in [0.25, 0.3) is 6.08 Å². The van der Waals surface area contributed by atoms with Crippen LogP contribution in [-0.2, 0) is 4.79 Å². The van der Waals surface area contributed by atoms with Gasteiger partial charge in [0.25, 0.3) is 11.8 Å². The van der Waals surface area contributed by atoms with E-state index in [1.165, 1.54) is 0 Å². The lowest BCUT2D eigenvalue weighted by Gasteiger charge is -2.14. The number of methoxy groups -OCH3 is 1. The van der Waals surface area contributed by atoms with Gasteiger partial charge in [-0.2, -0.15) is 0 Å². The molecular weight excluding hydrogens is 316 g/mol. The van der Waals surface area contributed by atoms with Crippen LogP contribution >= 0.6 is 0 Å². The van der Waals surface area contributed by atoms with Crippen LogP contribution in [0, 0.1) is 0 Å². The molecule has 0 spiro atoms. The SMILES string of the molecule is COc1ccccc1C=C(NC(=O)c1ccccc1)C(=O)NC(C)C. The van der Waals surface area contributed by atoms with Crippen LogP contribution in [0.2, 0.25) is 0 Å². The number of ether oxygens (including phenoxy) is 1. The van der Waals surface area contributed by atoms with E-state index >= 15 is 0 Å². The molecule has 2 amide bonds. The molecule has 0 saturated carbocycles. The molecule has 0 aliphatic heterocycles.